The first kappa shape index (κ1) is 21.0. The minimum Gasteiger partial charge on any atom is -0.478 e. The lowest BCUT2D eigenvalue weighted by atomic mass is 9.46. The van der Waals surface area contributed by atoms with Crippen LogP contribution in [0.2, 0.25) is 0 Å². The molecule has 0 unspecified atom stereocenters. The Balaban J connectivity index is 2.09. The first-order valence-corrected chi connectivity index (χ1v) is 10.2. The molecule has 4 nitrogen and oxygen atoms in total. The summed E-state index contributed by atoms with van der Waals surface area (Å²) in [7, 11) is 0. The number of allylic oxidation sites excluding steroid dienone is 1. The van der Waals surface area contributed by atoms with E-state index in [0.717, 1.165) is 44.9 Å². The molecule has 0 radical (unpaired) electrons. The molecule has 26 heavy (non-hydrogen) atoms. The van der Waals surface area contributed by atoms with Gasteiger partial charge >= 0.3 is 11.9 Å². The summed E-state index contributed by atoms with van der Waals surface area (Å²) in [6.07, 6.45) is 9.12. The van der Waals surface area contributed by atoms with Crippen molar-refractivity contribution in [2.75, 3.05) is 6.61 Å². The number of fused-ring (bicyclic) bond motifs is 1. The topological polar surface area (TPSA) is 63.6 Å². The Morgan fingerprint density at radius 1 is 1.31 bits per heavy atom. The molecule has 1 fully saturated rings. The first-order chi connectivity index (χ1) is 12.1. The van der Waals surface area contributed by atoms with Crippen LogP contribution in [-0.4, -0.2) is 23.7 Å². The van der Waals surface area contributed by atoms with E-state index in [4.69, 9.17) is 4.74 Å². The van der Waals surface area contributed by atoms with E-state index in [-0.39, 0.29) is 16.8 Å². The fourth-order valence-electron chi connectivity index (χ4n) is 5.55. The summed E-state index contributed by atoms with van der Waals surface area (Å²) in [5.74, 6) is 0.592. The van der Waals surface area contributed by atoms with Crippen molar-refractivity contribution in [3.8, 4) is 0 Å². The Morgan fingerprint density at radius 3 is 2.62 bits per heavy atom. The van der Waals surface area contributed by atoms with Gasteiger partial charge in [-0.1, -0.05) is 40.2 Å². The number of rotatable bonds is 7. The SMILES string of the molecule is CC(=O)OCC[C@H](C)CC[C@@]1(C)[C@H](C)CC[C@]2(C)C(C(=O)O)=CCC[C@H]12. The maximum atomic E-state index is 11.8. The van der Waals surface area contributed by atoms with E-state index in [1.165, 1.54) is 6.92 Å². The molecule has 0 bridgehead atoms. The Bertz CT molecular complexity index is 566. The summed E-state index contributed by atoms with van der Waals surface area (Å²) < 4.78 is 5.08. The second kappa shape index (κ2) is 8.14. The van der Waals surface area contributed by atoms with Crippen molar-refractivity contribution >= 4 is 11.9 Å². The second-order valence-corrected chi connectivity index (χ2v) is 9.19. The Kier molecular flexibility index (Phi) is 6.57. The van der Waals surface area contributed by atoms with Crippen molar-refractivity contribution < 1.29 is 19.4 Å². The van der Waals surface area contributed by atoms with E-state index in [1.807, 2.05) is 6.08 Å². The Labute approximate surface area is 158 Å². The van der Waals surface area contributed by atoms with Gasteiger partial charge in [0, 0.05) is 17.9 Å². The largest absolute Gasteiger partial charge is 0.478 e. The van der Waals surface area contributed by atoms with Crippen molar-refractivity contribution in [1.82, 2.24) is 0 Å². The fraction of sp³-hybridized carbons (Fsp3) is 0.818. The molecule has 0 amide bonds. The number of esters is 1. The number of carboxylic acid groups (broad SMARTS) is 1. The molecular weight excluding hydrogens is 328 g/mol. The molecule has 1 N–H and O–H groups in total. The summed E-state index contributed by atoms with van der Waals surface area (Å²) in [6, 6.07) is 0. The number of ether oxygens (including phenoxy) is 1. The lowest BCUT2D eigenvalue weighted by Crippen LogP contribution is -2.51. The quantitative estimate of drug-likeness (QED) is 0.629. The van der Waals surface area contributed by atoms with Crippen molar-refractivity contribution in [3.05, 3.63) is 11.6 Å². The standard InChI is InChI=1S/C22H36O4/c1-15(11-14-26-17(3)23)9-12-21(4)16(2)10-13-22(5)18(20(24)25)7-6-8-19(21)22/h7,15-16,19H,6,8-14H2,1-5H3,(H,24,25)/t15-,16-,19-,21+,22-/m1/s1. The average molecular weight is 365 g/mol. The maximum absolute atomic E-state index is 11.8. The highest BCUT2D eigenvalue weighted by Crippen LogP contribution is 2.62. The molecule has 1 saturated carbocycles. The lowest BCUT2D eigenvalue weighted by Gasteiger charge is -2.57. The van der Waals surface area contributed by atoms with Crippen LogP contribution in [0.15, 0.2) is 11.6 Å². The Hall–Kier alpha value is -1.32. The predicted octanol–water partition coefficient (Wildman–Crippen LogP) is 5.22. The smallest absolute Gasteiger partial charge is 0.331 e. The number of hydrogen-bond acceptors (Lipinski definition) is 3. The predicted molar refractivity (Wildman–Crippen MR) is 103 cm³/mol. The van der Waals surface area contributed by atoms with Gasteiger partial charge in [0.25, 0.3) is 0 Å². The van der Waals surface area contributed by atoms with Crippen molar-refractivity contribution in [3.63, 3.8) is 0 Å². The van der Waals surface area contributed by atoms with Crippen LogP contribution in [0.25, 0.3) is 0 Å². The summed E-state index contributed by atoms with van der Waals surface area (Å²) in [4.78, 5) is 22.8. The highest BCUT2D eigenvalue weighted by Gasteiger charge is 2.55. The van der Waals surface area contributed by atoms with Crippen molar-refractivity contribution in [1.29, 1.82) is 0 Å². The van der Waals surface area contributed by atoms with Gasteiger partial charge < -0.3 is 9.84 Å². The maximum Gasteiger partial charge on any atom is 0.331 e. The van der Waals surface area contributed by atoms with Crippen molar-refractivity contribution in [2.45, 2.75) is 79.6 Å². The molecule has 5 atom stereocenters. The van der Waals surface area contributed by atoms with E-state index in [1.54, 1.807) is 0 Å². The average Bonchev–Trinajstić information content (AvgIpc) is 2.56. The van der Waals surface area contributed by atoms with Crippen LogP contribution in [0.4, 0.5) is 0 Å². The van der Waals surface area contributed by atoms with Crippen LogP contribution < -0.4 is 0 Å². The molecule has 2 aliphatic carbocycles. The first-order valence-electron chi connectivity index (χ1n) is 10.2. The fourth-order valence-corrected chi connectivity index (χ4v) is 5.55. The van der Waals surface area contributed by atoms with Gasteiger partial charge in [-0.15, -0.1) is 0 Å². The lowest BCUT2D eigenvalue weighted by molar-refractivity contribution is -0.141. The molecule has 148 valence electrons. The number of carbonyl (C=O) groups excluding carboxylic acids is 1. The zero-order valence-corrected chi connectivity index (χ0v) is 17.1. The van der Waals surface area contributed by atoms with Crippen LogP contribution in [0.5, 0.6) is 0 Å². The highest BCUT2D eigenvalue weighted by atomic mass is 16.5. The number of carboxylic acids is 1. The van der Waals surface area contributed by atoms with Gasteiger partial charge in [-0.25, -0.2) is 4.79 Å². The summed E-state index contributed by atoms with van der Waals surface area (Å²) in [5.41, 5.74) is 0.610. The summed E-state index contributed by atoms with van der Waals surface area (Å²) in [6.45, 7) is 11.1. The monoisotopic (exact) mass is 364 g/mol. The van der Waals surface area contributed by atoms with Gasteiger partial charge in [-0.05, 0) is 61.7 Å². The van der Waals surface area contributed by atoms with E-state index in [2.05, 4.69) is 27.7 Å². The van der Waals surface area contributed by atoms with E-state index < -0.39 is 5.97 Å². The molecule has 0 aromatic rings. The highest BCUT2D eigenvalue weighted by molar-refractivity contribution is 5.88. The minimum atomic E-state index is -0.733. The van der Waals surface area contributed by atoms with Crippen LogP contribution in [0, 0.1) is 28.6 Å². The third-order valence-corrected chi connectivity index (χ3v) is 7.53. The molecule has 2 rings (SSSR count). The Morgan fingerprint density at radius 2 is 2.00 bits per heavy atom. The van der Waals surface area contributed by atoms with Gasteiger partial charge in [0.15, 0.2) is 0 Å². The third kappa shape index (κ3) is 4.15. The van der Waals surface area contributed by atoms with Crippen LogP contribution in [-0.2, 0) is 14.3 Å². The van der Waals surface area contributed by atoms with Gasteiger partial charge in [-0.2, -0.15) is 0 Å². The van der Waals surface area contributed by atoms with E-state index in [0.29, 0.717) is 29.9 Å². The number of carbonyl (C=O) groups is 2. The third-order valence-electron chi connectivity index (χ3n) is 7.53. The molecular formula is C22H36O4. The molecule has 0 aromatic carbocycles. The number of hydrogen-bond donors (Lipinski definition) is 1. The zero-order valence-electron chi connectivity index (χ0n) is 17.1. The van der Waals surface area contributed by atoms with Crippen molar-refractivity contribution in [2.24, 2.45) is 28.6 Å². The van der Waals surface area contributed by atoms with Gasteiger partial charge in [-0.3, -0.25) is 4.79 Å². The normalized spacial score (nSPS) is 35.2. The molecule has 0 heterocycles. The van der Waals surface area contributed by atoms with E-state index >= 15 is 0 Å². The molecule has 4 heteroatoms. The summed E-state index contributed by atoms with van der Waals surface area (Å²) >= 11 is 0. The minimum absolute atomic E-state index is 0.164. The van der Waals surface area contributed by atoms with Crippen LogP contribution in [0.3, 0.4) is 0 Å². The van der Waals surface area contributed by atoms with Gasteiger partial charge in [0.1, 0.15) is 0 Å². The van der Waals surface area contributed by atoms with E-state index in [9.17, 15) is 14.7 Å². The van der Waals surface area contributed by atoms with Crippen LogP contribution in [0.1, 0.15) is 79.6 Å². The molecule has 0 aliphatic heterocycles. The second-order valence-electron chi connectivity index (χ2n) is 9.19. The summed E-state index contributed by atoms with van der Waals surface area (Å²) in [5, 5.41) is 9.73. The molecule has 0 saturated heterocycles. The molecule has 0 aromatic heterocycles. The van der Waals surface area contributed by atoms with Gasteiger partial charge in [0.2, 0.25) is 0 Å². The number of aliphatic carboxylic acids is 1. The van der Waals surface area contributed by atoms with Gasteiger partial charge in [0.05, 0.1) is 6.61 Å². The molecule has 2 aliphatic rings. The van der Waals surface area contributed by atoms with Crippen LogP contribution >= 0.6 is 0 Å². The zero-order chi connectivity index (χ0) is 19.5. The molecule has 0 spiro atoms.